The van der Waals surface area contributed by atoms with Crippen molar-refractivity contribution >= 4 is 56.5 Å². The molecule has 0 aliphatic heterocycles. The average Bonchev–Trinajstić information content (AvgIpc) is 2.80. The van der Waals surface area contributed by atoms with Gasteiger partial charge in [0, 0.05) is 5.69 Å². The molecular formula is C24H22Cl2N2O5S. The molecule has 178 valence electrons. The summed E-state index contributed by atoms with van der Waals surface area (Å²) in [7, 11) is -2.92. The molecule has 1 N–H and O–H groups in total. The fraction of sp³-hybridized carbons (Fsp3) is 0.167. The summed E-state index contributed by atoms with van der Waals surface area (Å²) in [4.78, 5) is 25.0. The molecule has 10 heteroatoms. The molecule has 0 saturated heterocycles. The van der Waals surface area contributed by atoms with Crippen LogP contribution in [0.1, 0.15) is 21.5 Å². The smallest absolute Gasteiger partial charge is 0.338 e. The molecule has 0 aromatic heterocycles. The maximum absolute atomic E-state index is 13.5. The third kappa shape index (κ3) is 5.35. The van der Waals surface area contributed by atoms with Crippen molar-refractivity contribution < 1.29 is 22.7 Å². The summed E-state index contributed by atoms with van der Waals surface area (Å²) in [6.07, 6.45) is 0. The van der Waals surface area contributed by atoms with Crippen LogP contribution in [0.25, 0.3) is 0 Å². The molecule has 34 heavy (non-hydrogen) atoms. The number of anilines is 2. The minimum Gasteiger partial charge on any atom is -0.465 e. The van der Waals surface area contributed by atoms with Crippen LogP contribution in [0.4, 0.5) is 11.4 Å². The molecule has 0 fully saturated rings. The van der Waals surface area contributed by atoms with E-state index in [1.807, 2.05) is 6.92 Å². The fourth-order valence-corrected chi connectivity index (χ4v) is 5.12. The summed E-state index contributed by atoms with van der Waals surface area (Å²) in [5, 5.41) is 2.81. The molecule has 0 unspecified atom stereocenters. The molecule has 0 aliphatic rings. The Balaban J connectivity index is 2.00. The quantitative estimate of drug-likeness (QED) is 0.430. The SMILES string of the molecule is COC(=O)c1cccc(NC(=O)CN(c2cccc(Cl)c2Cl)S(=O)(=O)c2ccc(C)cc2)c1C. The van der Waals surface area contributed by atoms with Gasteiger partial charge in [-0.1, -0.05) is 53.0 Å². The van der Waals surface area contributed by atoms with E-state index in [1.165, 1.54) is 31.4 Å². The lowest BCUT2D eigenvalue weighted by atomic mass is 10.1. The number of hydrogen-bond acceptors (Lipinski definition) is 5. The zero-order valence-corrected chi connectivity index (χ0v) is 21.0. The minimum absolute atomic E-state index is 0.00322. The Kier molecular flexibility index (Phi) is 7.86. The van der Waals surface area contributed by atoms with Crippen molar-refractivity contribution in [2.75, 3.05) is 23.3 Å². The third-order valence-electron chi connectivity index (χ3n) is 5.11. The van der Waals surface area contributed by atoms with Gasteiger partial charge in [0.25, 0.3) is 10.0 Å². The van der Waals surface area contributed by atoms with Crippen molar-refractivity contribution in [1.82, 2.24) is 0 Å². The number of rotatable bonds is 7. The average molecular weight is 521 g/mol. The van der Waals surface area contributed by atoms with Gasteiger partial charge in [-0.2, -0.15) is 0 Å². The van der Waals surface area contributed by atoms with Crippen molar-refractivity contribution in [3.05, 3.63) is 87.4 Å². The Morgan fingerprint density at radius 2 is 1.62 bits per heavy atom. The number of ether oxygens (including phenoxy) is 1. The van der Waals surface area contributed by atoms with Crippen molar-refractivity contribution in [3.63, 3.8) is 0 Å². The second-order valence-electron chi connectivity index (χ2n) is 7.42. The normalized spacial score (nSPS) is 11.1. The Morgan fingerprint density at radius 1 is 0.971 bits per heavy atom. The number of hydrogen-bond donors (Lipinski definition) is 1. The van der Waals surface area contributed by atoms with Gasteiger partial charge in [0.1, 0.15) is 6.54 Å². The number of amides is 1. The molecule has 0 saturated carbocycles. The monoisotopic (exact) mass is 520 g/mol. The van der Waals surface area contributed by atoms with Gasteiger partial charge in [0.15, 0.2) is 0 Å². The van der Waals surface area contributed by atoms with Crippen molar-refractivity contribution in [1.29, 1.82) is 0 Å². The predicted octanol–water partition coefficient (Wildman–Crippen LogP) is 5.23. The van der Waals surface area contributed by atoms with E-state index in [9.17, 15) is 18.0 Å². The van der Waals surface area contributed by atoms with E-state index in [-0.39, 0.29) is 26.2 Å². The second-order valence-corrected chi connectivity index (χ2v) is 10.1. The number of halogens is 2. The van der Waals surface area contributed by atoms with Gasteiger partial charge in [-0.15, -0.1) is 0 Å². The number of carbonyl (C=O) groups excluding carboxylic acids is 2. The highest BCUT2D eigenvalue weighted by Crippen LogP contribution is 2.35. The summed E-state index contributed by atoms with van der Waals surface area (Å²) < 4.78 is 32.7. The summed E-state index contributed by atoms with van der Waals surface area (Å²) in [5.74, 6) is -1.19. The van der Waals surface area contributed by atoms with Gasteiger partial charge in [-0.05, 0) is 55.8 Å². The molecule has 0 atom stereocenters. The van der Waals surface area contributed by atoms with Crippen LogP contribution in [-0.2, 0) is 19.6 Å². The van der Waals surface area contributed by atoms with E-state index in [0.29, 0.717) is 11.3 Å². The standard InChI is InChI=1S/C24H22Cl2N2O5S/c1-15-10-12-17(13-11-15)34(31,32)28(21-9-5-7-19(25)23(21)26)14-22(29)27-20-8-4-6-18(16(20)2)24(30)33-3/h4-13H,14H2,1-3H3,(H,27,29). The highest BCUT2D eigenvalue weighted by molar-refractivity contribution is 7.92. The van der Waals surface area contributed by atoms with E-state index >= 15 is 0 Å². The molecule has 3 aromatic carbocycles. The molecule has 7 nitrogen and oxygen atoms in total. The Morgan fingerprint density at radius 3 is 2.26 bits per heavy atom. The summed E-state index contributed by atoms with van der Waals surface area (Å²) in [6.45, 7) is 2.90. The molecule has 1 amide bonds. The lowest BCUT2D eigenvalue weighted by molar-refractivity contribution is -0.114. The summed E-state index contributed by atoms with van der Waals surface area (Å²) in [5.41, 5.74) is 2.05. The van der Waals surface area contributed by atoms with Crippen LogP contribution in [-0.4, -0.2) is 33.9 Å². The first kappa shape index (κ1) is 25.6. The Hall–Kier alpha value is -3.07. The van der Waals surface area contributed by atoms with Gasteiger partial charge in [-0.3, -0.25) is 9.10 Å². The zero-order valence-electron chi connectivity index (χ0n) is 18.6. The Labute approximate surface area is 208 Å². The fourth-order valence-electron chi connectivity index (χ4n) is 3.24. The van der Waals surface area contributed by atoms with E-state index in [0.717, 1.165) is 9.87 Å². The van der Waals surface area contributed by atoms with Crippen LogP contribution in [0.2, 0.25) is 10.0 Å². The predicted molar refractivity (Wildman–Crippen MR) is 133 cm³/mol. The van der Waals surface area contributed by atoms with Crippen molar-refractivity contribution in [2.45, 2.75) is 18.7 Å². The topological polar surface area (TPSA) is 92.8 Å². The van der Waals surface area contributed by atoms with Crippen LogP contribution >= 0.6 is 23.2 Å². The van der Waals surface area contributed by atoms with Gasteiger partial charge in [0.2, 0.25) is 5.91 Å². The van der Waals surface area contributed by atoms with Crippen LogP contribution in [0.3, 0.4) is 0 Å². The van der Waals surface area contributed by atoms with Crippen molar-refractivity contribution in [2.24, 2.45) is 0 Å². The molecule has 0 heterocycles. The van der Waals surface area contributed by atoms with Gasteiger partial charge in [0.05, 0.1) is 33.3 Å². The first-order valence-corrected chi connectivity index (χ1v) is 12.3. The number of esters is 1. The van der Waals surface area contributed by atoms with Crippen LogP contribution in [0.15, 0.2) is 65.6 Å². The maximum Gasteiger partial charge on any atom is 0.338 e. The van der Waals surface area contributed by atoms with E-state index in [2.05, 4.69) is 5.32 Å². The van der Waals surface area contributed by atoms with Gasteiger partial charge >= 0.3 is 5.97 Å². The van der Waals surface area contributed by atoms with Gasteiger partial charge < -0.3 is 10.1 Å². The number of benzene rings is 3. The molecule has 0 bridgehead atoms. The van der Waals surface area contributed by atoms with Gasteiger partial charge in [-0.25, -0.2) is 13.2 Å². The maximum atomic E-state index is 13.5. The molecule has 3 rings (SSSR count). The van der Waals surface area contributed by atoms with E-state index in [1.54, 1.807) is 43.3 Å². The number of sulfonamides is 1. The Bertz CT molecular complexity index is 1340. The molecule has 0 radical (unpaired) electrons. The summed E-state index contributed by atoms with van der Waals surface area (Å²) in [6, 6.07) is 15.5. The number of carbonyl (C=O) groups is 2. The summed E-state index contributed by atoms with van der Waals surface area (Å²) >= 11 is 12.5. The number of methoxy groups -OCH3 is 1. The zero-order chi connectivity index (χ0) is 25.0. The van der Waals surface area contributed by atoms with Crippen molar-refractivity contribution in [3.8, 4) is 0 Å². The first-order chi connectivity index (χ1) is 16.1. The highest BCUT2D eigenvalue weighted by atomic mass is 35.5. The number of nitrogens with zero attached hydrogens (tertiary/aromatic N) is 1. The number of aryl methyl sites for hydroxylation is 1. The number of nitrogens with one attached hydrogen (secondary N) is 1. The lowest BCUT2D eigenvalue weighted by Crippen LogP contribution is -2.38. The lowest BCUT2D eigenvalue weighted by Gasteiger charge is -2.25. The molecule has 3 aromatic rings. The first-order valence-electron chi connectivity index (χ1n) is 10.1. The largest absolute Gasteiger partial charge is 0.465 e. The third-order valence-corrected chi connectivity index (χ3v) is 7.69. The highest BCUT2D eigenvalue weighted by Gasteiger charge is 2.29. The van der Waals surface area contributed by atoms with Crippen LogP contribution in [0, 0.1) is 13.8 Å². The molecular weight excluding hydrogens is 499 g/mol. The second kappa shape index (κ2) is 10.5. The minimum atomic E-state index is -4.18. The molecule has 0 spiro atoms. The van der Waals surface area contributed by atoms with Crippen LogP contribution < -0.4 is 9.62 Å². The van der Waals surface area contributed by atoms with E-state index in [4.69, 9.17) is 27.9 Å². The van der Waals surface area contributed by atoms with Crippen LogP contribution in [0.5, 0.6) is 0 Å². The van der Waals surface area contributed by atoms with E-state index < -0.39 is 28.4 Å². The molecule has 0 aliphatic carbocycles.